The van der Waals surface area contributed by atoms with Crippen LogP contribution in [0, 0.1) is 17.8 Å². The zero-order chi connectivity index (χ0) is 19.2. The van der Waals surface area contributed by atoms with E-state index in [2.05, 4.69) is 25.9 Å². The van der Waals surface area contributed by atoms with Crippen molar-refractivity contribution in [1.82, 2.24) is 30.8 Å². The summed E-state index contributed by atoms with van der Waals surface area (Å²) in [5.74, 6) is 1.66. The van der Waals surface area contributed by atoms with Gasteiger partial charge in [0.1, 0.15) is 6.04 Å². The molecule has 4 atom stereocenters. The van der Waals surface area contributed by atoms with E-state index >= 15 is 0 Å². The molecule has 0 unspecified atom stereocenters. The highest BCUT2D eigenvalue weighted by Gasteiger charge is 2.44. The van der Waals surface area contributed by atoms with Crippen LogP contribution in [0.5, 0.6) is 0 Å². The number of rotatable bonds is 6. The standard InChI is InChI=1S/C17H28N6O4/c1-3-27-16(24)14-7-13-6-11(8-18-9-15-19-21-22-20-15)4-5-12(13)10-23(14)17(25)26-2/h11-14,18H,3-10H2,1-2H3,(H,19,20,21,22)/t11-,12-,13+,14-/m0/s1. The SMILES string of the molecule is CCOC(=O)[C@@H]1C[C@H]2C[C@@H](CNCc3nn[nH]n3)CC[C@H]2CN1C(=O)OC. The van der Waals surface area contributed by atoms with Crippen molar-refractivity contribution in [2.24, 2.45) is 17.8 Å². The first-order chi connectivity index (χ1) is 13.1. The lowest BCUT2D eigenvalue weighted by atomic mass is 9.69. The van der Waals surface area contributed by atoms with E-state index in [0.29, 0.717) is 49.7 Å². The summed E-state index contributed by atoms with van der Waals surface area (Å²) in [5.41, 5.74) is 0. The molecule has 3 rings (SSSR count). The largest absolute Gasteiger partial charge is 0.464 e. The van der Waals surface area contributed by atoms with Gasteiger partial charge in [-0.1, -0.05) is 5.21 Å². The van der Waals surface area contributed by atoms with Gasteiger partial charge in [0.2, 0.25) is 0 Å². The van der Waals surface area contributed by atoms with Gasteiger partial charge in [-0.3, -0.25) is 4.90 Å². The number of carbonyl (C=O) groups excluding carboxylic acids is 2. The van der Waals surface area contributed by atoms with Crippen LogP contribution in [0.3, 0.4) is 0 Å². The van der Waals surface area contributed by atoms with E-state index in [4.69, 9.17) is 9.47 Å². The van der Waals surface area contributed by atoms with Crippen molar-refractivity contribution in [3.8, 4) is 0 Å². The highest BCUT2D eigenvalue weighted by atomic mass is 16.6. The monoisotopic (exact) mass is 380 g/mol. The molecular weight excluding hydrogens is 352 g/mol. The number of aromatic amines is 1. The Morgan fingerprint density at radius 3 is 2.85 bits per heavy atom. The van der Waals surface area contributed by atoms with E-state index in [1.807, 2.05) is 0 Å². The van der Waals surface area contributed by atoms with Crippen LogP contribution < -0.4 is 5.32 Å². The Hall–Kier alpha value is -2.23. The molecule has 2 aliphatic rings. The molecule has 1 saturated heterocycles. The first kappa shape index (κ1) is 19.5. The van der Waals surface area contributed by atoms with Crippen LogP contribution in [0.2, 0.25) is 0 Å². The number of tetrazole rings is 1. The summed E-state index contributed by atoms with van der Waals surface area (Å²) in [6, 6.07) is -0.551. The predicted octanol–water partition coefficient (Wildman–Crippen LogP) is 0.726. The summed E-state index contributed by atoms with van der Waals surface area (Å²) in [6.45, 7) is 4.11. The van der Waals surface area contributed by atoms with Gasteiger partial charge in [-0.25, -0.2) is 9.59 Å². The number of esters is 1. The molecular formula is C17H28N6O4. The summed E-state index contributed by atoms with van der Waals surface area (Å²) in [4.78, 5) is 26.1. The van der Waals surface area contributed by atoms with Crippen molar-refractivity contribution < 1.29 is 19.1 Å². The number of hydrogen-bond acceptors (Lipinski definition) is 8. The van der Waals surface area contributed by atoms with E-state index in [1.165, 1.54) is 7.11 Å². The predicted molar refractivity (Wildman–Crippen MR) is 94.4 cm³/mol. The van der Waals surface area contributed by atoms with E-state index in [0.717, 1.165) is 25.8 Å². The van der Waals surface area contributed by atoms with Gasteiger partial charge >= 0.3 is 12.1 Å². The number of ether oxygens (including phenoxy) is 2. The summed E-state index contributed by atoms with van der Waals surface area (Å²) in [5, 5.41) is 17.2. The van der Waals surface area contributed by atoms with Crippen LogP contribution in [0.4, 0.5) is 4.79 Å². The number of H-pyrrole nitrogens is 1. The Kier molecular flexibility index (Phi) is 6.59. The third-order valence-corrected chi connectivity index (χ3v) is 5.66. The minimum atomic E-state index is -0.551. The fourth-order valence-corrected chi connectivity index (χ4v) is 4.36. The van der Waals surface area contributed by atoms with E-state index < -0.39 is 12.1 Å². The second kappa shape index (κ2) is 9.12. The molecule has 0 aromatic carbocycles. The average molecular weight is 380 g/mol. The zero-order valence-corrected chi connectivity index (χ0v) is 15.9. The number of carbonyl (C=O) groups is 2. The number of methoxy groups -OCH3 is 1. The lowest BCUT2D eigenvalue weighted by molar-refractivity contribution is -0.152. The number of likely N-dealkylation sites (tertiary alicyclic amines) is 1. The van der Waals surface area contributed by atoms with Crippen molar-refractivity contribution >= 4 is 12.1 Å². The van der Waals surface area contributed by atoms with Crippen molar-refractivity contribution in [3.63, 3.8) is 0 Å². The van der Waals surface area contributed by atoms with Gasteiger partial charge in [0, 0.05) is 6.54 Å². The average Bonchev–Trinajstić information content (AvgIpc) is 3.20. The third kappa shape index (κ3) is 4.74. The molecule has 27 heavy (non-hydrogen) atoms. The summed E-state index contributed by atoms with van der Waals surface area (Å²) >= 11 is 0. The lowest BCUT2D eigenvalue weighted by Gasteiger charge is -2.46. The molecule has 10 heteroatoms. The molecule has 1 aliphatic heterocycles. The van der Waals surface area contributed by atoms with Crippen LogP contribution in [0.15, 0.2) is 0 Å². The Labute approximate surface area is 158 Å². The first-order valence-electron chi connectivity index (χ1n) is 9.56. The molecule has 0 bridgehead atoms. The summed E-state index contributed by atoms with van der Waals surface area (Å²) in [7, 11) is 1.35. The first-order valence-corrected chi connectivity index (χ1v) is 9.56. The highest BCUT2D eigenvalue weighted by molar-refractivity contribution is 5.81. The van der Waals surface area contributed by atoms with Gasteiger partial charge in [0.05, 0.1) is 20.3 Å². The molecule has 2 N–H and O–H groups in total. The number of nitrogens with one attached hydrogen (secondary N) is 2. The van der Waals surface area contributed by atoms with Crippen LogP contribution in [-0.2, 0) is 20.8 Å². The van der Waals surface area contributed by atoms with Gasteiger partial charge in [0.25, 0.3) is 0 Å². The van der Waals surface area contributed by atoms with Gasteiger partial charge in [-0.2, -0.15) is 5.21 Å². The number of nitrogens with zero attached hydrogens (tertiary/aromatic N) is 4. The summed E-state index contributed by atoms with van der Waals surface area (Å²) < 4.78 is 10.1. The summed E-state index contributed by atoms with van der Waals surface area (Å²) in [6.07, 6.45) is 3.37. The Balaban J connectivity index is 1.56. The van der Waals surface area contributed by atoms with Crippen LogP contribution in [-0.4, -0.2) is 70.4 Å². The van der Waals surface area contributed by atoms with E-state index in [9.17, 15) is 9.59 Å². The quantitative estimate of drug-likeness (QED) is 0.693. The van der Waals surface area contributed by atoms with Crippen molar-refractivity contribution in [2.75, 3.05) is 26.8 Å². The number of piperidine rings is 1. The Bertz CT molecular complexity index is 625. The maximum absolute atomic E-state index is 12.4. The number of amides is 1. The second-order valence-electron chi connectivity index (χ2n) is 7.28. The van der Waals surface area contributed by atoms with Gasteiger partial charge in [0.15, 0.2) is 5.82 Å². The van der Waals surface area contributed by atoms with E-state index in [1.54, 1.807) is 11.8 Å². The molecule has 0 spiro atoms. The van der Waals surface area contributed by atoms with Gasteiger partial charge in [-0.05, 0) is 56.9 Å². The molecule has 2 heterocycles. The molecule has 1 aliphatic carbocycles. The molecule has 1 aromatic heterocycles. The fourth-order valence-electron chi connectivity index (χ4n) is 4.36. The fraction of sp³-hybridized carbons (Fsp3) is 0.824. The molecule has 1 aromatic rings. The Morgan fingerprint density at radius 2 is 2.15 bits per heavy atom. The molecule has 2 fully saturated rings. The van der Waals surface area contributed by atoms with E-state index in [-0.39, 0.29) is 5.97 Å². The van der Waals surface area contributed by atoms with Crippen LogP contribution in [0.25, 0.3) is 0 Å². The van der Waals surface area contributed by atoms with Gasteiger partial charge < -0.3 is 14.8 Å². The zero-order valence-electron chi connectivity index (χ0n) is 15.9. The maximum Gasteiger partial charge on any atom is 0.410 e. The molecule has 10 nitrogen and oxygen atoms in total. The molecule has 1 saturated carbocycles. The number of aromatic nitrogens is 4. The Morgan fingerprint density at radius 1 is 1.30 bits per heavy atom. The number of fused-ring (bicyclic) bond motifs is 1. The smallest absolute Gasteiger partial charge is 0.410 e. The van der Waals surface area contributed by atoms with Crippen molar-refractivity contribution in [2.45, 2.75) is 45.2 Å². The van der Waals surface area contributed by atoms with Crippen molar-refractivity contribution in [3.05, 3.63) is 5.82 Å². The number of hydrogen-bond donors (Lipinski definition) is 2. The second-order valence-corrected chi connectivity index (χ2v) is 7.28. The minimum absolute atomic E-state index is 0.307. The van der Waals surface area contributed by atoms with Crippen LogP contribution >= 0.6 is 0 Å². The third-order valence-electron chi connectivity index (χ3n) is 5.66. The van der Waals surface area contributed by atoms with Crippen molar-refractivity contribution in [1.29, 1.82) is 0 Å². The van der Waals surface area contributed by atoms with Crippen LogP contribution in [0.1, 0.15) is 38.4 Å². The topological polar surface area (TPSA) is 122 Å². The van der Waals surface area contributed by atoms with Gasteiger partial charge in [-0.15, -0.1) is 10.2 Å². The lowest BCUT2D eigenvalue weighted by Crippen LogP contribution is -2.55. The highest BCUT2D eigenvalue weighted by Crippen LogP contribution is 2.41. The molecule has 1 amide bonds. The normalized spacial score (nSPS) is 27.7. The maximum atomic E-state index is 12.4. The minimum Gasteiger partial charge on any atom is -0.464 e. The molecule has 150 valence electrons. The molecule has 0 radical (unpaired) electrons.